The number of sulfonamides is 1. The fourth-order valence-corrected chi connectivity index (χ4v) is 3.11. The highest BCUT2D eigenvalue weighted by atomic mass is 79.9. The van der Waals surface area contributed by atoms with Crippen molar-refractivity contribution >= 4 is 43.2 Å². The van der Waals surface area contributed by atoms with E-state index in [4.69, 9.17) is 5.26 Å². The number of anilines is 2. The molecule has 0 bridgehead atoms. The van der Waals surface area contributed by atoms with Crippen molar-refractivity contribution in [3.63, 3.8) is 0 Å². The molecule has 0 saturated carbocycles. The summed E-state index contributed by atoms with van der Waals surface area (Å²) in [5.74, 6) is -0.481. The van der Waals surface area contributed by atoms with E-state index < -0.39 is 15.9 Å². The Kier molecular flexibility index (Phi) is 5.59. The fraction of sp³-hybridized carbons (Fsp3) is 0.125. The summed E-state index contributed by atoms with van der Waals surface area (Å²) in [5.41, 5.74) is 1.14. The van der Waals surface area contributed by atoms with Crippen molar-refractivity contribution in [1.29, 1.82) is 5.26 Å². The monoisotopic (exact) mass is 407 g/mol. The van der Waals surface area contributed by atoms with Gasteiger partial charge < -0.3 is 5.32 Å². The molecule has 24 heavy (non-hydrogen) atoms. The van der Waals surface area contributed by atoms with Crippen LogP contribution in [0.15, 0.2) is 53.0 Å². The SMILES string of the molecule is CS(=O)(=O)N(CC(=O)Nc1ccc(Br)cc1)c1cccc(C#N)c1. The van der Waals surface area contributed by atoms with Gasteiger partial charge in [0.1, 0.15) is 6.54 Å². The Morgan fingerprint density at radius 2 is 1.92 bits per heavy atom. The number of hydrogen-bond donors (Lipinski definition) is 1. The van der Waals surface area contributed by atoms with Gasteiger partial charge in [-0.1, -0.05) is 22.0 Å². The summed E-state index contributed by atoms with van der Waals surface area (Å²) in [6, 6.07) is 15.0. The van der Waals surface area contributed by atoms with Gasteiger partial charge in [0.05, 0.1) is 23.6 Å². The Bertz CT molecular complexity index is 890. The molecule has 0 spiro atoms. The van der Waals surface area contributed by atoms with Crippen molar-refractivity contribution in [2.75, 3.05) is 22.4 Å². The van der Waals surface area contributed by atoms with Crippen molar-refractivity contribution in [2.24, 2.45) is 0 Å². The number of rotatable bonds is 5. The number of carbonyl (C=O) groups excluding carboxylic acids is 1. The molecule has 0 radical (unpaired) electrons. The molecule has 0 heterocycles. The normalized spacial score (nSPS) is 10.7. The van der Waals surface area contributed by atoms with Gasteiger partial charge in [0.25, 0.3) is 0 Å². The maximum Gasteiger partial charge on any atom is 0.245 e. The second-order valence-corrected chi connectivity index (χ2v) is 7.81. The Morgan fingerprint density at radius 1 is 1.25 bits per heavy atom. The van der Waals surface area contributed by atoms with Crippen LogP contribution in [0.4, 0.5) is 11.4 Å². The summed E-state index contributed by atoms with van der Waals surface area (Å²) >= 11 is 3.30. The molecule has 124 valence electrons. The fourth-order valence-electron chi connectivity index (χ4n) is 1.99. The first kappa shape index (κ1) is 18.0. The lowest BCUT2D eigenvalue weighted by Crippen LogP contribution is -2.37. The van der Waals surface area contributed by atoms with Crippen LogP contribution in [-0.4, -0.2) is 27.1 Å². The molecule has 0 aliphatic rings. The van der Waals surface area contributed by atoms with Gasteiger partial charge in [-0.2, -0.15) is 5.26 Å². The summed E-state index contributed by atoms with van der Waals surface area (Å²) in [5, 5.41) is 11.6. The third kappa shape index (κ3) is 4.81. The second kappa shape index (κ2) is 7.47. The second-order valence-electron chi connectivity index (χ2n) is 4.99. The summed E-state index contributed by atoms with van der Waals surface area (Å²) in [6.45, 7) is -0.385. The molecule has 0 aromatic heterocycles. The number of amides is 1. The Morgan fingerprint density at radius 3 is 2.50 bits per heavy atom. The molecule has 0 saturated heterocycles. The van der Waals surface area contributed by atoms with E-state index in [0.717, 1.165) is 15.0 Å². The molecule has 2 aromatic carbocycles. The van der Waals surface area contributed by atoms with E-state index in [-0.39, 0.29) is 12.2 Å². The molecule has 1 N–H and O–H groups in total. The lowest BCUT2D eigenvalue weighted by molar-refractivity contribution is -0.114. The minimum absolute atomic E-state index is 0.266. The van der Waals surface area contributed by atoms with Crippen molar-refractivity contribution in [3.05, 3.63) is 58.6 Å². The first-order valence-electron chi connectivity index (χ1n) is 6.83. The average molecular weight is 408 g/mol. The standard InChI is InChI=1S/C16H14BrN3O3S/c1-24(22,23)20(15-4-2-3-12(9-15)10-18)11-16(21)19-14-7-5-13(17)6-8-14/h2-9H,11H2,1H3,(H,19,21). The minimum atomic E-state index is -3.68. The highest BCUT2D eigenvalue weighted by Crippen LogP contribution is 2.19. The number of nitrogens with one attached hydrogen (secondary N) is 1. The van der Waals surface area contributed by atoms with Gasteiger partial charge in [-0.3, -0.25) is 9.10 Å². The van der Waals surface area contributed by atoms with Crippen molar-refractivity contribution < 1.29 is 13.2 Å². The van der Waals surface area contributed by atoms with E-state index in [2.05, 4.69) is 21.2 Å². The van der Waals surface area contributed by atoms with Gasteiger partial charge in [0.2, 0.25) is 15.9 Å². The molecular weight excluding hydrogens is 394 g/mol. The zero-order valence-corrected chi connectivity index (χ0v) is 15.1. The smallest absolute Gasteiger partial charge is 0.245 e. The van der Waals surface area contributed by atoms with Crippen LogP contribution in [0.3, 0.4) is 0 Å². The Balaban J connectivity index is 2.22. The number of nitriles is 1. The minimum Gasteiger partial charge on any atom is -0.325 e. The third-order valence-electron chi connectivity index (χ3n) is 3.08. The van der Waals surface area contributed by atoms with Gasteiger partial charge in [-0.05, 0) is 42.5 Å². The van der Waals surface area contributed by atoms with Crippen molar-refractivity contribution in [2.45, 2.75) is 0 Å². The Hall–Kier alpha value is -2.37. The first-order chi connectivity index (χ1) is 11.3. The lowest BCUT2D eigenvalue weighted by atomic mass is 10.2. The van der Waals surface area contributed by atoms with Crippen molar-refractivity contribution in [3.8, 4) is 6.07 Å². The summed E-state index contributed by atoms with van der Waals surface area (Å²) < 4.78 is 25.9. The van der Waals surface area contributed by atoms with Gasteiger partial charge in [0, 0.05) is 10.2 Å². The predicted octanol–water partition coefficient (Wildman–Crippen LogP) is 2.73. The predicted molar refractivity (Wildman–Crippen MR) is 96.1 cm³/mol. The van der Waals surface area contributed by atoms with Crippen LogP contribution in [0, 0.1) is 11.3 Å². The number of nitrogens with zero attached hydrogens (tertiary/aromatic N) is 2. The summed E-state index contributed by atoms with van der Waals surface area (Å²) in [6.07, 6.45) is 1.01. The maximum atomic E-state index is 12.2. The van der Waals surface area contributed by atoms with Crippen LogP contribution < -0.4 is 9.62 Å². The molecule has 0 fully saturated rings. The highest BCUT2D eigenvalue weighted by molar-refractivity contribution is 9.10. The number of halogens is 1. The van der Waals surface area contributed by atoms with E-state index in [1.807, 2.05) is 6.07 Å². The van der Waals surface area contributed by atoms with Crippen LogP contribution in [0.5, 0.6) is 0 Å². The molecule has 2 rings (SSSR count). The van der Waals surface area contributed by atoms with Gasteiger partial charge in [0.15, 0.2) is 0 Å². The van der Waals surface area contributed by atoms with Gasteiger partial charge >= 0.3 is 0 Å². The molecule has 0 atom stereocenters. The van der Waals surface area contributed by atoms with E-state index in [1.54, 1.807) is 36.4 Å². The summed E-state index contributed by atoms with van der Waals surface area (Å²) in [4.78, 5) is 12.2. The lowest BCUT2D eigenvalue weighted by Gasteiger charge is -2.22. The maximum absolute atomic E-state index is 12.2. The van der Waals surface area contributed by atoms with Crippen LogP contribution in [0.1, 0.15) is 5.56 Å². The quantitative estimate of drug-likeness (QED) is 0.824. The average Bonchev–Trinajstić information content (AvgIpc) is 2.54. The number of hydrogen-bond acceptors (Lipinski definition) is 4. The molecule has 0 aliphatic heterocycles. The van der Waals surface area contributed by atoms with E-state index in [0.29, 0.717) is 11.3 Å². The highest BCUT2D eigenvalue weighted by Gasteiger charge is 2.21. The van der Waals surface area contributed by atoms with E-state index >= 15 is 0 Å². The summed E-state index contributed by atoms with van der Waals surface area (Å²) in [7, 11) is -3.68. The largest absolute Gasteiger partial charge is 0.325 e. The molecule has 8 heteroatoms. The zero-order chi connectivity index (χ0) is 17.7. The van der Waals surface area contributed by atoms with E-state index in [9.17, 15) is 13.2 Å². The molecule has 2 aromatic rings. The topological polar surface area (TPSA) is 90.3 Å². The third-order valence-corrected chi connectivity index (χ3v) is 4.75. The number of benzene rings is 2. The van der Waals surface area contributed by atoms with Crippen LogP contribution >= 0.6 is 15.9 Å². The van der Waals surface area contributed by atoms with Crippen LogP contribution in [0.2, 0.25) is 0 Å². The van der Waals surface area contributed by atoms with E-state index in [1.165, 1.54) is 12.1 Å². The van der Waals surface area contributed by atoms with Gasteiger partial charge in [-0.25, -0.2) is 8.42 Å². The Labute approximate surface area is 148 Å². The molecule has 6 nitrogen and oxygen atoms in total. The molecule has 0 unspecified atom stereocenters. The molecule has 1 amide bonds. The first-order valence-corrected chi connectivity index (χ1v) is 9.47. The molecule has 0 aliphatic carbocycles. The van der Waals surface area contributed by atoms with Crippen molar-refractivity contribution in [1.82, 2.24) is 0 Å². The van der Waals surface area contributed by atoms with Gasteiger partial charge in [-0.15, -0.1) is 0 Å². The van der Waals surface area contributed by atoms with Crippen LogP contribution in [-0.2, 0) is 14.8 Å². The molecular formula is C16H14BrN3O3S. The number of carbonyl (C=O) groups is 1. The zero-order valence-electron chi connectivity index (χ0n) is 12.7. The van der Waals surface area contributed by atoms with Crippen LogP contribution in [0.25, 0.3) is 0 Å².